The molecule has 0 fully saturated rings. The van der Waals surface area contributed by atoms with Crippen LogP contribution in [-0.4, -0.2) is 46.9 Å². The Balaban J connectivity index is 1.87. The van der Waals surface area contributed by atoms with Crippen LogP contribution in [0.1, 0.15) is 37.4 Å². The standard InChI is InChI=1S/C23H30N2O6S/c1-15-7-9-19-17(11-15)18(13-23(2,3)31-19)24-22(26)14-25(32(6,27)28)16-8-10-20(29-4)21(12-16)30-5/h7-12,18H,13-14H2,1-6H3,(H,24,26). The first-order valence-corrected chi connectivity index (χ1v) is 12.1. The van der Waals surface area contributed by atoms with E-state index in [2.05, 4.69) is 5.32 Å². The molecule has 0 saturated heterocycles. The smallest absolute Gasteiger partial charge is 0.241 e. The van der Waals surface area contributed by atoms with E-state index in [1.165, 1.54) is 20.3 Å². The molecule has 0 spiro atoms. The molecule has 2 aromatic carbocycles. The Labute approximate surface area is 189 Å². The van der Waals surface area contributed by atoms with Crippen molar-refractivity contribution in [1.29, 1.82) is 0 Å². The molecule has 0 saturated carbocycles. The maximum absolute atomic E-state index is 13.0. The fourth-order valence-corrected chi connectivity index (χ4v) is 4.70. The molecule has 3 rings (SSSR count). The lowest BCUT2D eigenvalue weighted by molar-refractivity contribution is -0.120. The molecule has 1 aliphatic rings. The van der Waals surface area contributed by atoms with Crippen molar-refractivity contribution in [3.8, 4) is 17.2 Å². The summed E-state index contributed by atoms with van der Waals surface area (Å²) in [6.45, 7) is 5.53. The van der Waals surface area contributed by atoms with E-state index < -0.39 is 21.5 Å². The number of amides is 1. The van der Waals surface area contributed by atoms with Crippen LogP contribution in [0.4, 0.5) is 5.69 Å². The van der Waals surface area contributed by atoms with Crippen LogP contribution in [0.3, 0.4) is 0 Å². The molecule has 0 aromatic heterocycles. The van der Waals surface area contributed by atoms with E-state index in [-0.39, 0.29) is 12.6 Å². The van der Waals surface area contributed by atoms with Crippen LogP contribution in [0.5, 0.6) is 17.2 Å². The Bertz CT molecular complexity index is 1110. The third-order valence-electron chi connectivity index (χ3n) is 5.30. The molecular formula is C23H30N2O6S. The number of methoxy groups -OCH3 is 2. The van der Waals surface area contributed by atoms with Gasteiger partial charge in [-0.2, -0.15) is 0 Å². The molecule has 0 bridgehead atoms. The summed E-state index contributed by atoms with van der Waals surface area (Å²) in [6.07, 6.45) is 1.62. The van der Waals surface area contributed by atoms with Crippen LogP contribution in [0.15, 0.2) is 36.4 Å². The Morgan fingerprint density at radius 2 is 1.84 bits per heavy atom. The minimum atomic E-state index is -3.74. The van der Waals surface area contributed by atoms with E-state index >= 15 is 0 Å². The molecule has 0 radical (unpaired) electrons. The number of carbonyl (C=O) groups is 1. The van der Waals surface area contributed by atoms with Crippen LogP contribution in [-0.2, 0) is 14.8 Å². The Kier molecular flexibility index (Phi) is 6.59. The lowest BCUT2D eigenvalue weighted by Crippen LogP contribution is -2.45. The van der Waals surface area contributed by atoms with E-state index in [0.29, 0.717) is 23.6 Å². The Hall–Kier alpha value is -2.94. The molecule has 174 valence electrons. The topological polar surface area (TPSA) is 94.2 Å². The summed E-state index contributed by atoms with van der Waals surface area (Å²) in [7, 11) is -0.779. The molecule has 1 N–H and O–H groups in total. The summed E-state index contributed by atoms with van der Waals surface area (Å²) in [4.78, 5) is 13.0. The predicted molar refractivity (Wildman–Crippen MR) is 123 cm³/mol. The van der Waals surface area contributed by atoms with Gasteiger partial charge in [0.1, 0.15) is 17.9 Å². The number of ether oxygens (including phenoxy) is 3. The normalized spacial score (nSPS) is 17.0. The zero-order chi connectivity index (χ0) is 23.7. The van der Waals surface area contributed by atoms with Gasteiger partial charge < -0.3 is 19.5 Å². The monoisotopic (exact) mass is 462 g/mol. The fourth-order valence-electron chi connectivity index (χ4n) is 3.85. The molecule has 1 unspecified atom stereocenters. The van der Waals surface area contributed by atoms with Gasteiger partial charge in [0.2, 0.25) is 15.9 Å². The maximum Gasteiger partial charge on any atom is 0.241 e. The van der Waals surface area contributed by atoms with E-state index in [4.69, 9.17) is 14.2 Å². The number of hydrogen-bond donors (Lipinski definition) is 1. The van der Waals surface area contributed by atoms with Crippen LogP contribution in [0, 0.1) is 6.92 Å². The number of nitrogens with zero attached hydrogens (tertiary/aromatic N) is 1. The number of nitrogens with one attached hydrogen (secondary N) is 1. The molecule has 32 heavy (non-hydrogen) atoms. The number of fused-ring (bicyclic) bond motifs is 1. The number of aryl methyl sites for hydroxylation is 1. The van der Waals surface area contributed by atoms with Crippen molar-refractivity contribution < 1.29 is 27.4 Å². The van der Waals surface area contributed by atoms with E-state index in [1.807, 2.05) is 39.0 Å². The zero-order valence-electron chi connectivity index (χ0n) is 19.3. The summed E-state index contributed by atoms with van der Waals surface area (Å²) < 4.78 is 42.6. The molecule has 0 aliphatic carbocycles. The van der Waals surface area contributed by atoms with Crippen LogP contribution in [0.25, 0.3) is 0 Å². The average molecular weight is 463 g/mol. The quantitative estimate of drug-likeness (QED) is 0.679. The second kappa shape index (κ2) is 8.90. The highest BCUT2D eigenvalue weighted by molar-refractivity contribution is 7.92. The lowest BCUT2D eigenvalue weighted by Gasteiger charge is -2.38. The van der Waals surface area contributed by atoms with Crippen molar-refractivity contribution in [3.05, 3.63) is 47.5 Å². The third kappa shape index (κ3) is 5.27. The van der Waals surface area contributed by atoms with Crippen LogP contribution >= 0.6 is 0 Å². The first-order chi connectivity index (χ1) is 14.9. The minimum Gasteiger partial charge on any atom is -0.493 e. The summed E-state index contributed by atoms with van der Waals surface area (Å²) in [5.41, 5.74) is 1.77. The Morgan fingerprint density at radius 1 is 1.16 bits per heavy atom. The van der Waals surface area contributed by atoms with Crippen molar-refractivity contribution in [2.75, 3.05) is 31.3 Å². The molecule has 8 nitrogen and oxygen atoms in total. The van der Waals surface area contributed by atoms with Crippen molar-refractivity contribution in [2.24, 2.45) is 0 Å². The van der Waals surface area contributed by atoms with E-state index in [0.717, 1.165) is 27.4 Å². The Morgan fingerprint density at radius 3 is 2.47 bits per heavy atom. The fraction of sp³-hybridized carbons (Fsp3) is 0.435. The minimum absolute atomic E-state index is 0.298. The largest absolute Gasteiger partial charge is 0.493 e. The average Bonchev–Trinajstić information content (AvgIpc) is 2.70. The SMILES string of the molecule is COc1ccc(N(CC(=O)NC2CC(C)(C)Oc3ccc(C)cc32)S(C)(=O)=O)cc1OC. The summed E-state index contributed by atoms with van der Waals surface area (Å²) >= 11 is 0. The highest BCUT2D eigenvalue weighted by Gasteiger charge is 2.35. The zero-order valence-corrected chi connectivity index (χ0v) is 20.1. The molecule has 1 atom stereocenters. The molecule has 1 amide bonds. The number of carbonyl (C=O) groups excluding carboxylic acids is 1. The van der Waals surface area contributed by atoms with Crippen molar-refractivity contribution in [3.63, 3.8) is 0 Å². The molecule has 9 heteroatoms. The second-order valence-corrected chi connectivity index (χ2v) is 10.4. The first-order valence-electron chi connectivity index (χ1n) is 10.2. The van der Waals surface area contributed by atoms with Gasteiger partial charge in [0.05, 0.1) is 32.2 Å². The van der Waals surface area contributed by atoms with Crippen LogP contribution < -0.4 is 23.8 Å². The molecule has 1 heterocycles. The number of hydrogen-bond acceptors (Lipinski definition) is 6. The first kappa shape index (κ1) is 23.7. The second-order valence-electron chi connectivity index (χ2n) is 8.54. The van der Waals surface area contributed by atoms with Crippen molar-refractivity contribution in [2.45, 2.75) is 38.8 Å². The molecular weight excluding hydrogens is 432 g/mol. The van der Waals surface area contributed by atoms with Gasteiger partial charge in [-0.1, -0.05) is 17.7 Å². The maximum atomic E-state index is 13.0. The molecule has 2 aromatic rings. The summed E-state index contributed by atoms with van der Waals surface area (Å²) in [6, 6.07) is 10.3. The third-order valence-corrected chi connectivity index (χ3v) is 6.44. The van der Waals surface area contributed by atoms with Crippen molar-refractivity contribution in [1.82, 2.24) is 5.32 Å². The van der Waals surface area contributed by atoms with Gasteiger partial charge in [-0.3, -0.25) is 9.10 Å². The van der Waals surface area contributed by atoms with E-state index in [9.17, 15) is 13.2 Å². The highest BCUT2D eigenvalue weighted by Crippen LogP contribution is 2.40. The van der Waals surface area contributed by atoms with Crippen LogP contribution in [0.2, 0.25) is 0 Å². The van der Waals surface area contributed by atoms with E-state index in [1.54, 1.807) is 12.1 Å². The van der Waals surface area contributed by atoms with Gasteiger partial charge in [0.25, 0.3) is 0 Å². The van der Waals surface area contributed by atoms with Gasteiger partial charge in [-0.25, -0.2) is 8.42 Å². The number of benzene rings is 2. The summed E-state index contributed by atoms with van der Waals surface area (Å²) in [5, 5.41) is 3.00. The van der Waals surface area contributed by atoms with Crippen molar-refractivity contribution >= 4 is 21.6 Å². The summed E-state index contributed by atoms with van der Waals surface area (Å²) in [5.74, 6) is 1.14. The number of sulfonamides is 1. The molecule has 1 aliphatic heterocycles. The van der Waals surface area contributed by atoms with Gasteiger partial charge in [-0.15, -0.1) is 0 Å². The van der Waals surface area contributed by atoms with Gasteiger partial charge >= 0.3 is 0 Å². The number of anilines is 1. The number of rotatable bonds is 7. The van der Waals surface area contributed by atoms with Gasteiger partial charge in [0, 0.05) is 18.1 Å². The highest BCUT2D eigenvalue weighted by atomic mass is 32.2. The lowest BCUT2D eigenvalue weighted by atomic mass is 9.89. The predicted octanol–water partition coefficient (Wildman–Crippen LogP) is 3.20. The van der Waals surface area contributed by atoms with Gasteiger partial charge in [0.15, 0.2) is 11.5 Å². The van der Waals surface area contributed by atoms with Gasteiger partial charge in [-0.05, 0) is 39.0 Å².